The number of carboxylic acid groups (broad SMARTS) is 1. The van der Waals surface area contributed by atoms with Gasteiger partial charge in [-0.25, -0.2) is 4.68 Å². The SMILES string of the molecule is O=C(O)CCn1nnnc1-c1ccc2c(c1)CCO2. The lowest BCUT2D eigenvalue weighted by Crippen LogP contribution is -2.07. The summed E-state index contributed by atoms with van der Waals surface area (Å²) in [5.74, 6) is 0.605. The number of benzene rings is 1. The minimum absolute atomic E-state index is 0.00785. The maximum Gasteiger partial charge on any atom is 0.305 e. The van der Waals surface area contributed by atoms with E-state index in [0.29, 0.717) is 12.4 Å². The third-order valence-electron chi connectivity index (χ3n) is 3.02. The summed E-state index contributed by atoms with van der Waals surface area (Å²) in [6.07, 6.45) is 0.867. The number of aromatic nitrogens is 4. The van der Waals surface area contributed by atoms with Crippen LogP contribution in [-0.2, 0) is 17.8 Å². The maximum atomic E-state index is 10.6. The van der Waals surface area contributed by atoms with Crippen molar-refractivity contribution in [2.24, 2.45) is 0 Å². The topological polar surface area (TPSA) is 90.1 Å². The van der Waals surface area contributed by atoms with Crippen LogP contribution in [0.2, 0.25) is 0 Å². The highest BCUT2D eigenvalue weighted by Crippen LogP contribution is 2.29. The third kappa shape index (κ3) is 2.26. The van der Waals surface area contributed by atoms with E-state index < -0.39 is 5.97 Å². The van der Waals surface area contributed by atoms with Gasteiger partial charge in [0.1, 0.15) is 5.75 Å². The number of tetrazole rings is 1. The Bertz CT molecular complexity index is 623. The second-order valence-electron chi connectivity index (χ2n) is 4.29. The summed E-state index contributed by atoms with van der Waals surface area (Å²) in [5, 5.41) is 20.1. The molecule has 1 aliphatic rings. The molecule has 7 heteroatoms. The van der Waals surface area contributed by atoms with E-state index in [0.717, 1.165) is 23.3 Å². The standard InChI is InChI=1S/C12H12N4O3/c17-11(18)3-5-16-12(13-14-15-16)9-1-2-10-8(7-9)4-6-19-10/h1-2,7H,3-6H2,(H,17,18). The van der Waals surface area contributed by atoms with Crippen LogP contribution >= 0.6 is 0 Å². The number of nitrogens with zero attached hydrogens (tertiary/aromatic N) is 4. The summed E-state index contributed by atoms with van der Waals surface area (Å²) in [6.45, 7) is 0.952. The highest BCUT2D eigenvalue weighted by atomic mass is 16.5. The average Bonchev–Trinajstić information content (AvgIpc) is 3.04. The molecule has 0 spiro atoms. The van der Waals surface area contributed by atoms with Crippen molar-refractivity contribution < 1.29 is 14.6 Å². The molecule has 2 aromatic rings. The Balaban J connectivity index is 1.90. The van der Waals surface area contributed by atoms with Gasteiger partial charge in [-0.2, -0.15) is 0 Å². The van der Waals surface area contributed by atoms with Crippen molar-refractivity contribution in [2.75, 3.05) is 6.61 Å². The summed E-state index contributed by atoms with van der Waals surface area (Å²) in [4.78, 5) is 10.6. The molecule has 98 valence electrons. The second kappa shape index (κ2) is 4.68. The fourth-order valence-electron chi connectivity index (χ4n) is 2.09. The average molecular weight is 260 g/mol. The Hall–Kier alpha value is -2.44. The molecule has 7 nitrogen and oxygen atoms in total. The molecule has 1 aliphatic heterocycles. The summed E-state index contributed by atoms with van der Waals surface area (Å²) in [5.41, 5.74) is 2.00. The summed E-state index contributed by atoms with van der Waals surface area (Å²) >= 11 is 0. The fourth-order valence-corrected chi connectivity index (χ4v) is 2.09. The van der Waals surface area contributed by atoms with Crippen LogP contribution in [0.5, 0.6) is 5.75 Å². The normalized spacial score (nSPS) is 13.1. The zero-order chi connectivity index (χ0) is 13.2. The van der Waals surface area contributed by atoms with Crippen LogP contribution in [0.1, 0.15) is 12.0 Å². The third-order valence-corrected chi connectivity index (χ3v) is 3.02. The number of carbonyl (C=O) groups is 1. The summed E-state index contributed by atoms with van der Waals surface area (Å²) in [7, 11) is 0. The van der Waals surface area contributed by atoms with Crippen LogP contribution in [0.3, 0.4) is 0 Å². The monoisotopic (exact) mass is 260 g/mol. The molecule has 3 rings (SSSR count). The van der Waals surface area contributed by atoms with Crippen molar-refractivity contribution in [1.82, 2.24) is 20.2 Å². The maximum absolute atomic E-state index is 10.6. The summed E-state index contributed by atoms with van der Waals surface area (Å²) < 4.78 is 6.95. The zero-order valence-corrected chi connectivity index (χ0v) is 10.1. The highest BCUT2D eigenvalue weighted by Gasteiger charge is 2.16. The Kier molecular flexibility index (Phi) is 2.86. The lowest BCUT2D eigenvalue weighted by atomic mass is 10.1. The summed E-state index contributed by atoms with van der Waals surface area (Å²) in [6, 6.07) is 5.77. The quantitative estimate of drug-likeness (QED) is 0.872. The lowest BCUT2D eigenvalue weighted by molar-refractivity contribution is -0.137. The first-order chi connectivity index (χ1) is 9.24. The molecule has 2 heterocycles. The molecular formula is C12H12N4O3. The Morgan fingerprint density at radius 1 is 1.47 bits per heavy atom. The van der Waals surface area contributed by atoms with Crippen LogP contribution in [0, 0.1) is 0 Å². The van der Waals surface area contributed by atoms with Crippen molar-refractivity contribution in [3.8, 4) is 17.1 Å². The predicted octanol–water partition coefficient (Wildman–Crippen LogP) is 0.750. The van der Waals surface area contributed by atoms with E-state index in [2.05, 4.69) is 15.5 Å². The van der Waals surface area contributed by atoms with Gasteiger partial charge >= 0.3 is 5.97 Å². The molecule has 1 aromatic carbocycles. The molecule has 1 aromatic heterocycles. The van der Waals surface area contributed by atoms with Crippen molar-refractivity contribution in [3.63, 3.8) is 0 Å². The van der Waals surface area contributed by atoms with Gasteiger partial charge < -0.3 is 9.84 Å². The minimum Gasteiger partial charge on any atom is -0.493 e. The minimum atomic E-state index is -0.871. The van der Waals surface area contributed by atoms with Crippen LogP contribution in [-0.4, -0.2) is 37.9 Å². The number of carboxylic acids is 1. The van der Waals surface area contributed by atoms with Crippen molar-refractivity contribution in [1.29, 1.82) is 0 Å². The largest absolute Gasteiger partial charge is 0.493 e. The van der Waals surface area contributed by atoms with Gasteiger partial charge in [0, 0.05) is 12.0 Å². The Morgan fingerprint density at radius 2 is 2.37 bits per heavy atom. The van der Waals surface area contributed by atoms with E-state index in [4.69, 9.17) is 9.84 Å². The number of hydrogen-bond donors (Lipinski definition) is 1. The molecule has 0 bridgehead atoms. The van der Waals surface area contributed by atoms with E-state index >= 15 is 0 Å². The van der Waals surface area contributed by atoms with E-state index in [1.807, 2.05) is 18.2 Å². The van der Waals surface area contributed by atoms with Gasteiger partial charge in [0.2, 0.25) is 0 Å². The first-order valence-corrected chi connectivity index (χ1v) is 5.98. The van der Waals surface area contributed by atoms with Gasteiger partial charge in [-0.15, -0.1) is 5.10 Å². The molecule has 0 saturated carbocycles. The number of aliphatic carboxylic acids is 1. The van der Waals surface area contributed by atoms with Gasteiger partial charge in [0.25, 0.3) is 0 Å². The van der Waals surface area contributed by atoms with Gasteiger partial charge in [0.05, 0.1) is 19.6 Å². The van der Waals surface area contributed by atoms with Gasteiger partial charge in [-0.3, -0.25) is 4.79 Å². The van der Waals surface area contributed by atoms with E-state index in [-0.39, 0.29) is 13.0 Å². The van der Waals surface area contributed by atoms with Crippen LogP contribution in [0.25, 0.3) is 11.4 Å². The molecule has 19 heavy (non-hydrogen) atoms. The van der Waals surface area contributed by atoms with Crippen LogP contribution in [0.15, 0.2) is 18.2 Å². The molecule has 0 amide bonds. The Labute approximate surface area is 108 Å². The molecular weight excluding hydrogens is 248 g/mol. The molecule has 0 fully saturated rings. The fraction of sp³-hybridized carbons (Fsp3) is 0.333. The first-order valence-electron chi connectivity index (χ1n) is 5.98. The second-order valence-corrected chi connectivity index (χ2v) is 4.29. The predicted molar refractivity (Wildman–Crippen MR) is 64.7 cm³/mol. The number of aryl methyl sites for hydroxylation is 1. The molecule has 0 saturated heterocycles. The smallest absolute Gasteiger partial charge is 0.305 e. The first kappa shape index (κ1) is 11.6. The van der Waals surface area contributed by atoms with E-state index in [1.165, 1.54) is 4.68 Å². The molecule has 0 aliphatic carbocycles. The van der Waals surface area contributed by atoms with Gasteiger partial charge in [0.15, 0.2) is 5.82 Å². The number of fused-ring (bicyclic) bond motifs is 1. The zero-order valence-electron chi connectivity index (χ0n) is 10.1. The van der Waals surface area contributed by atoms with Crippen LogP contribution in [0.4, 0.5) is 0 Å². The molecule has 1 N–H and O–H groups in total. The molecule has 0 unspecified atom stereocenters. The molecule has 0 radical (unpaired) electrons. The van der Waals surface area contributed by atoms with E-state index in [1.54, 1.807) is 0 Å². The lowest BCUT2D eigenvalue weighted by Gasteiger charge is -2.04. The van der Waals surface area contributed by atoms with Gasteiger partial charge in [-0.1, -0.05) is 0 Å². The van der Waals surface area contributed by atoms with Crippen molar-refractivity contribution in [2.45, 2.75) is 19.4 Å². The number of hydrogen-bond acceptors (Lipinski definition) is 5. The Morgan fingerprint density at radius 3 is 3.21 bits per heavy atom. The van der Waals surface area contributed by atoms with Crippen molar-refractivity contribution in [3.05, 3.63) is 23.8 Å². The number of ether oxygens (including phenoxy) is 1. The van der Waals surface area contributed by atoms with E-state index in [9.17, 15) is 4.79 Å². The number of rotatable bonds is 4. The highest BCUT2D eigenvalue weighted by molar-refractivity contribution is 5.66. The molecule has 0 atom stereocenters. The van der Waals surface area contributed by atoms with Crippen molar-refractivity contribution >= 4 is 5.97 Å². The van der Waals surface area contributed by atoms with Gasteiger partial charge in [-0.05, 0) is 34.2 Å². The van der Waals surface area contributed by atoms with Crippen LogP contribution < -0.4 is 4.74 Å².